The van der Waals surface area contributed by atoms with Gasteiger partial charge in [0.2, 0.25) is 11.6 Å². The summed E-state index contributed by atoms with van der Waals surface area (Å²) in [6.45, 7) is 0. The van der Waals surface area contributed by atoms with E-state index in [-0.39, 0.29) is 51.9 Å². The molecule has 8 nitrogen and oxygen atoms in total. The van der Waals surface area contributed by atoms with Gasteiger partial charge >= 0.3 is 0 Å². The van der Waals surface area contributed by atoms with Gasteiger partial charge in [-0.05, 0) is 30.3 Å². The number of halogens is 5. The Bertz CT molecular complexity index is 2020. The van der Waals surface area contributed by atoms with Crippen LogP contribution in [0.25, 0.3) is 0 Å². The number of nitrogens with zero attached hydrogens (tertiary/aromatic N) is 2. The van der Waals surface area contributed by atoms with Gasteiger partial charge in [-0.25, -0.2) is 0 Å². The summed E-state index contributed by atoms with van der Waals surface area (Å²) in [5.74, 6) is -1.13. The fraction of sp³-hybridized carbons (Fsp3) is 0. The van der Waals surface area contributed by atoms with Crippen molar-refractivity contribution in [2.24, 2.45) is 8.80 Å². The van der Waals surface area contributed by atoms with Crippen LogP contribution in [0, 0.1) is 0 Å². The van der Waals surface area contributed by atoms with Crippen LogP contribution >= 0.6 is 58.0 Å². The van der Waals surface area contributed by atoms with Gasteiger partial charge in [-0.2, -0.15) is 25.6 Å². The molecule has 2 aliphatic rings. The zero-order valence-electron chi connectivity index (χ0n) is 21.2. The van der Waals surface area contributed by atoms with Crippen molar-refractivity contribution in [3.05, 3.63) is 127 Å². The molecule has 0 bridgehead atoms. The molecule has 0 fully saturated rings. The number of benzene rings is 3. The zero-order chi connectivity index (χ0) is 31.5. The molecule has 0 radical (unpaired) electrons. The molecule has 0 aliphatic heterocycles. The lowest BCUT2D eigenvalue weighted by Gasteiger charge is -2.17. The van der Waals surface area contributed by atoms with Crippen LogP contribution in [0.2, 0.25) is 0 Å². The average molecular weight is 717 g/mol. The number of carbonyl (C=O) groups excluding carboxylic acids is 2. The van der Waals surface area contributed by atoms with Gasteiger partial charge in [0.25, 0.3) is 20.0 Å². The molecule has 3 aromatic carbocycles. The van der Waals surface area contributed by atoms with Crippen molar-refractivity contribution in [3.63, 3.8) is 0 Å². The van der Waals surface area contributed by atoms with Gasteiger partial charge in [-0.3, -0.25) is 9.59 Å². The SMILES string of the molecule is O=C1C(Cl)=C(Cl)C(=NS(=O)(=O)c2ccccc2)c2ccccc21.O=C1C(Cl)=C/C(=N\S(=O)(=O)c2ccccc2)C(Cl)=C1Cl. The number of sulfonamides is 2. The molecule has 0 atom stereocenters. The molecule has 2 aliphatic carbocycles. The van der Waals surface area contributed by atoms with Crippen LogP contribution in [0.15, 0.2) is 135 Å². The quantitative estimate of drug-likeness (QED) is 0.269. The first-order chi connectivity index (χ1) is 20.2. The zero-order valence-corrected chi connectivity index (χ0v) is 26.6. The van der Waals surface area contributed by atoms with Gasteiger partial charge < -0.3 is 0 Å². The third-order valence-electron chi connectivity index (χ3n) is 5.64. The standard InChI is InChI=1S/C16H9Cl2NO3S.C12H6Cl3NO3S/c17-13-14(18)16(20)12-9-5-4-8-11(12)15(13)19-23(21,22)10-6-2-1-3-7-10;13-8-6-9(10(14)11(15)12(8)17)16-20(18,19)7-4-2-1-3-5-7/h1-9H;1-6H/b;16-9+. The van der Waals surface area contributed by atoms with E-state index in [1.165, 1.54) is 24.3 Å². The third-order valence-corrected chi connectivity index (χ3v) is 10.2. The number of rotatable bonds is 4. The maximum absolute atomic E-state index is 12.4. The van der Waals surface area contributed by atoms with Crippen LogP contribution in [0.3, 0.4) is 0 Å². The lowest BCUT2D eigenvalue weighted by Crippen LogP contribution is -2.19. The largest absolute Gasteiger partial charge is 0.288 e. The van der Waals surface area contributed by atoms with E-state index < -0.39 is 31.6 Å². The summed E-state index contributed by atoms with van der Waals surface area (Å²) in [5, 5.41) is -1.27. The van der Waals surface area contributed by atoms with Crippen molar-refractivity contribution >= 4 is 101 Å². The number of ketones is 2. The van der Waals surface area contributed by atoms with Gasteiger partial charge in [-0.1, -0.05) is 119 Å². The molecule has 43 heavy (non-hydrogen) atoms. The van der Waals surface area contributed by atoms with Crippen LogP contribution in [-0.2, 0) is 24.8 Å². The van der Waals surface area contributed by atoms with Crippen molar-refractivity contribution in [3.8, 4) is 0 Å². The minimum Gasteiger partial charge on any atom is -0.288 e. The second-order valence-corrected chi connectivity index (χ2v) is 13.6. The number of Topliss-reactive ketones (excluding diaryl/α,β-unsaturated/α-hetero) is 2. The second kappa shape index (κ2) is 13.3. The van der Waals surface area contributed by atoms with Crippen LogP contribution in [0.5, 0.6) is 0 Å². The van der Waals surface area contributed by atoms with E-state index in [2.05, 4.69) is 8.80 Å². The fourth-order valence-electron chi connectivity index (χ4n) is 3.59. The second-order valence-electron chi connectivity index (χ2n) is 8.44. The smallest absolute Gasteiger partial charge is 0.282 e. The molecule has 0 N–H and O–H groups in total. The van der Waals surface area contributed by atoms with Crippen molar-refractivity contribution in [2.75, 3.05) is 0 Å². The van der Waals surface area contributed by atoms with E-state index >= 15 is 0 Å². The molecule has 0 spiro atoms. The van der Waals surface area contributed by atoms with Crippen molar-refractivity contribution < 1.29 is 26.4 Å². The molecule has 0 heterocycles. The summed E-state index contributed by atoms with van der Waals surface area (Å²) in [5.41, 5.74) is 0.399. The van der Waals surface area contributed by atoms with Crippen LogP contribution < -0.4 is 0 Å². The number of hydrogen-bond acceptors (Lipinski definition) is 6. The predicted octanol–water partition coefficient (Wildman–Crippen LogP) is 6.96. The molecule has 0 saturated carbocycles. The van der Waals surface area contributed by atoms with E-state index in [1.54, 1.807) is 60.7 Å². The number of fused-ring (bicyclic) bond motifs is 1. The number of allylic oxidation sites excluding steroid dienone is 6. The summed E-state index contributed by atoms with van der Waals surface area (Å²) in [6.07, 6.45) is 1.07. The molecule has 0 saturated heterocycles. The molecular weight excluding hydrogens is 702 g/mol. The predicted molar refractivity (Wildman–Crippen MR) is 168 cm³/mol. The Morgan fingerprint density at radius 3 is 1.47 bits per heavy atom. The first-order valence-corrected chi connectivity index (χ1v) is 16.5. The highest BCUT2D eigenvalue weighted by Gasteiger charge is 2.30. The first kappa shape index (κ1) is 32.8. The van der Waals surface area contributed by atoms with Crippen LogP contribution in [0.4, 0.5) is 0 Å². The molecule has 15 heteroatoms. The maximum atomic E-state index is 12.4. The average Bonchev–Trinajstić information content (AvgIpc) is 3.01. The molecule has 0 unspecified atom stereocenters. The molecular formula is C28H15Cl5N2O6S2. The lowest BCUT2D eigenvalue weighted by molar-refractivity contribution is -0.111. The van der Waals surface area contributed by atoms with Gasteiger partial charge in [-0.15, -0.1) is 0 Å². The highest BCUT2D eigenvalue weighted by molar-refractivity contribution is 7.90. The molecule has 3 aromatic rings. The normalized spacial score (nSPS) is 17.5. The molecule has 5 rings (SSSR count). The Morgan fingerprint density at radius 1 is 0.488 bits per heavy atom. The van der Waals surface area contributed by atoms with Crippen molar-refractivity contribution in [1.82, 2.24) is 0 Å². The third kappa shape index (κ3) is 7.18. The fourth-order valence-corrected chi connectivity index (χ4v) is 6.78. The van der Waals surface area contributed by atoms with Gasteiger partial charge in [0.15, 0.2) is 0 Å². The van der Waals surface area contributed by atoms with E-state index in [4.69, 9.17) is 58.0 Å². The van der Waals surface area contributed by atoms with Gasteiger partial charge in [0.05, 0.1) is 30.6 Å². The summed E-state index contributed by atoms with van der Waals surface area (Å²) < 4.78 is 56.4. The summed E-state index contributed by atoms with van der Waals surface area (Å²) in [7, 11) is -7.94. The van der Waals surface area contributed by atoms with Gasteiger partial charge in [0, 0.05) is 11.1 Å². The number of hydrogen-bond donors (Lipinski definition) is 0. The van der Waals surface area contributed by atoms with Crippen molar-refractivity contribution in [2.45, 2.75) is 9.79 Å². The molecule has 0 aromatic heterocycles. The maximum Gasteiger partial charge on any atom is 0.282 e. The molecule has 0 amide bonds. The Balaban J connectivity index is 0.000000199. The topological polar surface area (TPSA) is 127 Å². The first-order valence-electron chi connectivity index (χ1n) is 11.7. The van der Waals surface area contributed by atoms with E-state index in [1.807, 2.05) is 0 Å². The summed E-state index contributed by atoms with van der Waals surface area (Å²) in [4.78, 5) is 23.6. The minimum absolute atomic E-state index is 0.00508. The number of carbonyl (C=O) groups is 2. The monoisotopic (exact) mass is 714 g/mol. The summed E-state index contributed by atoms with van der Waals surface area (Å²) >= 11 is 29.2. The van der Waals surface area contributed by atoms with E-state index in [0.717, 1.165) is 6.08 Å². The minimum atomic E-state index is -3.98. The van der Waals surface area contributed by atoms with Crippen LogP contribution in [-0.4, -0.2) is 39.8 Å². The van der Waals surface area contributed by atoms with Gasteiger partial charge in [0.1, 0.15) is 15.8 Å². The van der Waals surface area contributed by atoms with Crippen LogP contribution in [0.1, 0.15) is 15.9 Å². The molecule has 220 valence electrons. The lowest BCUT2D eigenvalue weighted by atomic mass is 9.94. The highest BCUT2D eigenvalue weighted by Crippen LogP contribution is 2.32. The Labute approximate surface area is 271 Å². The van der Waals surface area contributed by atoms with E-state index in [9.17, 15) is 26.4 Å². The van der Waals surface area contributed by atoms with Crippen molar-refractivity contribution in [1.29, 1.82) is 0 Å². The Morgan fingerprint density at radius 2 is 0.930 bits per heavy atom. The van der Waals surface area contributed by atoms with E-state index in [0.29, 0.717) is 5.56 Å². The Kier molecular flexibility index (Phi) is 10.1. The highest BCUT2D eigenvalue weighted by atomic mass is 35.5. The Hall–Kier alpha value is -3.09. The summed E-state index contributed by atoms with van der Waals surface area (Å²) in [6, 6.07) is 21.8.